The highest BCUT2D eigenvalue weighted by molar-refractivity contribution is 6.02. The van der Waals surface area contributed by atoms with Gasteiger partial charge in [0.25, 0.3) is 0 Å². The molecule has 0 unspecified atom stereocenters. The molecule has 7 N–H and O–H groups in total. The Balaban J connectivity index is 0.000000195. The summed E-state index contributed by atoms with van der Waals surface area (Å²) in [7, 11) is 0. The molecule has 16 heteroatoms. The van der Waals surface area contributed by atoms with Crippen molar-refractivity contribution in [2.75, 3.05) is 6.61 Å². The van der Waals surface area contributed by atoms with Gasteiger partial charge in [0.1, 0.15) is 22.6 Å². The quantitative estimate of drug-likeness (QED) is 0.186. The highest BCUT2D eigenvalue weighted by atomic mass is 16.4. The summed E-state index contributed by atoms with van der Waals surface area (Å²) in [6.45, 7) is 1.93. The largest absolute Gasteiger partial charge is 0.543 e. The molecule has 56 heavy (non-hydrogen) atoms. The standard InChI is InChI=1S/2C12H8N2.2C7H5NO4.C2H6O.H2O/c2*1-3-9-5-6-10-4-2-8-14-12(10)11(9)13-7-1;2*9-6(10)4-2-1-3-5(8-4)7(11)12;1-2-3;/h2*1-8H;2*1-3H,(H,9,10)(H,11,12);3H,2H2,1H3;1H2. The van der Waals surface area contributed by atoms with Crippen LogP contribution in [0.3, 0.4) is 0 Å². The fourth-order valence-electron chi connectivity index (χ4n) is 4.75. The number of nitrogens with one attached hydrogen (secondary N) is 1. The third kappa shape index (κ3) is 11.6. The van der Waals surface area contributed by atoms with Crippen molar-refractivity contribution in [2.45, 2.75) is 6.92 Å². The number of aromatic nitrogens is 6. The normalized spacial score (nSPS) is 9.75. The summed E-state index contributed by atoms with van der Waals surface area (Å²) in [5, 5.41) is 47.7. The van der Waals surface area contributed by atoms with Crippen LogP contribution < -0.4 is 10.1 Å². The second kappa shape index (κ2) is 21.0. The van der Waals surface area contributed by atoms with Gasteiger partial charge in [0.15, 0.2) is 6.20 Å². The molecule has 6 heterocycles. The number of carbonyl (C=O) groups excluding carboxylic acids is 1. The van der Waals surface area contributed by atoms with Gasteiger partial charge in [-0.1, -0.05) is 48.5 Å². The van der Waals surface area contributed by atoms with Crippen LogP contribution in [0.15, 0.2) is 134 Å². The smallest absolute Gasteiger partial charge is 0.354 e. The molecule has 16 nitrogen and oxygen atoms in total. The van der Waals surface area contributed by atoms with Gasteiger partial charge in [-0.15, -0.1) is 0 Å². The molecule has 284 valence electrons. The van der Waals surface area contributed by atoms with Crippen LogP contribution in [0.1, 0.15) is 48.9 Å². The average Bonchev–Trinajstić information content (AvgIpc) is 3.22. The molecule has 0 saturated heterocycles. The number of hydrogen-bond donors (Lipinski definition) is 4. The molecule has 6 aromatic heterocycles. The van der Waals surface area contributed by atoms with Gasteiger partial charge in [0, 0.05) is 52.8 Å². The molecule has 8 rings (SSSR count). The first-order valence-corrected chi connectivity index (χ1v) is 16.2. The summed E-state index contributed by atoms with van der Waals surface area (Å²) in [5.74, 6) is -5.23. The van der Waals surface area contributed by atoms with Crippen molar-refractivity contribution in [1.29, 1.82) is 0 Å². The number of aliphatic hydroxyl groups excluding tert-OH is 1. The second-order valence-electron chi connectivity index (χ2n) is 10.8. The Bertz CT molecular complexity index is 2260. The number of nitrogens with zero attached hydrogens (tertiary/aromatic N) is 5. The van der Waals surface area contributed by atoms with Gasteiger partial charge in [-0.3, -0.25) is 9.97 Å². The number of rotatable bonds is 4. The lowest BCUT2D eigenvalue weighted by atomic mass is 10.1. The number of fused-ring (bicyclic) bond motifs is 6. The SMILES string of the molecule is CCO.O.O=C(O)c1cccc(C(=O)O)n1.O=C([O-])c1cccc(C(=O)O)n1.c1cnc2c(c1)ccc1ccc[nH+]c12.c1cnc2c(c1)ccc1cccnc12. The zero-order chi connectivity index (χ0) is 39.7. The van der Waals surface area contributed by atoms with Crippen molar-refractivity contribution in [3.05, 3.63) is 157 Å². The summed E-state index contributed by atoms with van der Waals surface area (Å²) in [6, 6.07) is 31.9. The van der Waals surface area contributed by atoms with Crippen LogP contribution in [0.2, 0.25) is 0 Å². The van der Waals surface area contributed by atoms with Crippen molar-refractivity contribution in [1.82, 2.24) is 24.9 Å². The molecule has 0 radical (unpaired) electrons. The number of aromatic amines is 1. The molecular formula is C40H34N6O10. The molecule has 0 bridgehead atoms. The third-order valence-corrected chi connectivity index (χ3v) is 7.12. The summed E-state index contributed by atoms with van der Waals surface area (Å²) in [5.41, 5.74) is 2.86. The van der Waals surface area contributed by atoms with Crippen LogP contribution in [0.4, 0.5) is 0 Å². The maximum absolute atomic E-state index is 10.3. The lowest BCUT2D eigenvalue weighted by molar-refractivity contribution is -0.343. The number of hydrogen-bond acceptors (Lipinski definition) is 11. The van der Waals surface area contributed by atoms with E-state index < -0.39 is 23.9 Å². The van der Waals surface area contributed by atoms with E-state index in [1.54, 1.807) is 19.3 Å². The van der Waals surface area contributed by atoms with Crippen LogP contribution in [-0.2, 0) is 0 Å². The van der Waals surface area contributed by atoms with Gasteiger partial charge >= 0.3 is 17.9 Å². The van der Waals surface area contributed by atoms with Crippen LogP contribution in [0.25, 0.3) is 43.6 Å². The Hall–Kier alpha value is -7.82. The molecule has 0 aliphatic heterocycles. The van der Waals surface area contributed by atoms with E-state index in [1.165, 1.54) is 47.2 Å². The van der Waals surface area contributed by atoms with E-state index in [0.717, 1.165) is 32.8 Å². The number of aliphatic hydroxyl groups is 1. The van der Waals surface area contributed by atoms with E-state index in [-0.39, 0.29) is 34.9 Å². The molecule has 0 aliphatic carbocycles. The second-order valence-corrected chi connectivity index (χ2v) is 10.8. The number of pyridine rings is 6. The Kier molecular flexibility index (Phi) is 16.0. The van der Waals surface area contributed by atoms with Gasteiger partial charge in [-0.05, 0) is 61.5 Å². The topological polar surface area (TPSA) is 282 Å². The van der Waals surface area contributed by atoms with Crippen LogP contribution >= 0.6 is 0 Å². The summed E-state index contributed by atoms with van der Waals surface area (Å²) in [4.78, 5) is 64.1. The van der Waals surface area contributed by atoms with Crippen molar-refractivity contribution < 1.29 is 55.2 Å². The lowest BCUT2D eigenvalue weighted by Crippen LogP contribution is -2.24. The minimum Gasteiger partial charge on any atom is -0.543 e. The Morgan fingerprint density at radius 2 is 0.893 bits per heavy atom. The summed E-state index contributed by atoms with van der Waals surface area (Å²) < 4.78 is 0. The molecular weight excluding hydrogens is 724 g/mol. The van der Waals surface area contributed by atoms with Crippen molar-refractivity contribution >= 4 is 67.5 Å². The van der Waals surface area contributed by atoms with Crippen molar-refractivity contribution in [2.24, 2.45) is 0 Å². The van der Waals surface area contributed by atoms with E-state index in [2.05, 4.69) is 78.4 Å². The van der Waals surface area contributed by atoms with Gasteiger partial charge in [-0.2, -0.15) is 0 Å². The first-order valence-electron chi connectivity index (χ1n) is 16.2. The predicted molar refractivity (Wildman–Crippen MR) is 203 cm³/mol. The van der Waals surface area contributed by atoms with Gasteiger partial charge in [0.05, 0.1) is 22.7 Å². The number of carboxylic acids is 4. The minimum absolute atomic E-state index is 0. The van der Waals surface area contributed by atoms with E-state index in [9.17, 15) is 24.3 Å². The van der Waals surface area contributed by atoms with Crippen LogP contribution in [-0.4, -0.2) is 81.3 Å². The molecule has 0 aliphatic rings. The van der Waals surface area contributed by atoms with E-state index in [4.69, 9.17) is 20.4 Å². The first kappa shape index (κ1) is 42.6. The van der Waals surface area contributed by atoms with E-state index >= 15 is 0 Å². The fourth-order valence-corrected chi connectivity index (χ4v) is 4.75. The fraction of sp³-hybridized carbons (Fsp3) is 0.0500. The van der Waals surface area contributed by atoms with E-state index in [1.807, 2.05) is 36.7 Å². The van der Waals surface area contributed by atoms with E-state index in [0.29, 0.717) is 0 Å². The Morgan fingerprint density at radius 1 is 0.536 bits per heavy atom. The third-order valence-electron chi connectivity index (χ3n) is 7.12. The summed E-state index contributed by atoms with van der Waals surface area (Å²) in [6.07, 6.45) is 7.35. The van der Waals surface area contributed by atoms with Crippen LogP contribution in [0.5, 0.6) is 0 Å². The number of H-pyrrole nitrogens is 1. The lowest BCUT2D eigenvalue weighted by Gasteiger charge is -2.00. The number of benzene rings is 2. The number of carboxylic acid groups (broad SMARTS) is 4. The highest BCUT2D eigenvalue weighted by Crippen LogP contribution is 2.21. The van der Waals surface area contributed by atoms with Gasteiger partial charge in [-0.25, -0.2) is 34.3 Å². The maximum Gasteiger partial charge on any atom is 0.354 e. The zero-order valence-electron chi connectivity index (χ0n) is 29.5. The molecule has 0 atom stereocenters. The van der Waals surface area contributed by atoms with Gasteiger partial charge in [0.2, 0.25) is 5.52 Å². The van der Waals surface area contributed by atoms with Crippen LogP contribution in [0, 0.1) is 0 Å². The Morgan fingerprint density at radius 3 is 1.32 bits per heavy atom. The number of carbonyl (C=O) groups is 4. The maximum atomic E-state index is 10.3. The minimum atomic E-state index is -1.49. The molecule has 0 saturated carbocycles. The predicted octanol–water partition coefficient (Wildman–Crippen LogP) is 3.78. The summed E-state index contributed by atoms with van der Waals surface area (Å²) >= 11 is 0. The average molecular weight is 759 g/mol. The molecule has 0 fully saturated rings. The molecule has 0 spiro atoms. The monoisotopic (exact) mass is 758 g/mol. The van der Waals surface area contributed by atoms with Crippen molar-refractivity contribution in [3.8, 4) is 0 Å². The molecule has 8 aromatic rings. The zero-order valence-corrected chi connectivity index (χ0v) is 29.5. The highest BCUT2D eigenvalue weighted by Gasteiger charge is 2.09. The molecule has 0 amide bonds. The Labute approximate surface area is 317 Å². The van der Waals surface area contributed by atoms with Gasteiger partial charge < -0.3 is 35.8 Å². The first-order chi connectivity index (χ1) is 26.5. The molecule has 2 aromatic carbocycles. The number of aromatic carboxylic acids is 4. The van der Waals surface area contributed by atoms with Crippen molar-refractivity contribution in [3.63, 3.8) is 0 Å².